The van der Waals surface area contributed by atoms with Gasteiger partial charge in [-0.05, 0) is 37.8 Å². The standard InChI is InChI=1S/C25H38N4O2/c26-23(30)19-28-20-29(22-13-9-6-10-14-22)25(24(28)31)15-17-27(18-16-25)21-11-7-4-2-1-3-5-8-12-21/h6,9-10,13-14,21H,1-5,7-8,11-12,15-20H2,(H2,26,30). The molecule has 2 aliphatic heterocycles. The van der Waals surface area contributed by atoms with E-state index in [1.165, 1.54) is 57.8 Å². The molecule has 170 valence electrons. The first kappa shape index (κ1) is 22.1. The number of amides is 2. The van der Waals surface area contributed by atoms with Crippen LogP contribution in [0.15, 0.2) is 30.3 Å². The summed E-state index contributed by atoms with van der Waals surface area (Å²) in [6.45, 7) is 2.33. The molecule has 1 spiro atoms. The average molecular weight is 427 g/mol. The Bertz CT molecular complexity index is 735. The van der Waals surface area contributed by atoms with Crippen molar-refractivity contribution < 1.29 is 9.59 Å². The van der Waals surface area contributed by atoms with Gasteiger partial charge >= 0.3 is 0 Å². The fourth-order valence-corrected chi connectivity index (χ4v) is 5.92. The minimum absolute atomic E-state index is 0.00371. The highest BCUT2D eigenvalue weighted by Crippen LogP contribution is 2.40. The van der Waals surface area contributed by atoms with Crippen molar-refractivity contribution in [3.05, 3.63) is 30.3 Å². The first-order valence-electron chi connectivity index (χ1n) is 12.2. The predicted molar refractivity (Wildman–Crippen MR) is 124 cm³/mol. The SMILES string of the molecule is NC(=O)CN1CN(c2ccccc2)C2(CCN(C3CCCCCCCCC3)CC2)C1=O. The highest BCUT2D eigenvalue weighted by molar-refractivity contribution is 5.96. The van der Waals surface area contributed by atoms with E-state index < -0.39 is 11.4 Å². The highest BCUT2D eigenvalue weighted by Gasteiger charge is 2.54. The number of carbonyl (C=O) groups is 2. The van der Waals surface area contributed by atoms with Crippen LogP contribution in [0.5, 0.6) is 0 Å². The summed E-state index contributed by atoms with van der Waals surface area (Å²) >= 11 is 0. The Hall–Kier alpha value is -2.08. The Labute approximate surface area is 186 Å². The Morgan fingerprint density at radius 3 is 2.10 bits per heavy atom. The minimum atomic E-state index is -0.552. The van der Waals surface area contributed by atoms with Crippen LogP contribution in [0.4, 0.5) is 5.69 Å². The van der Waals surface area contributed by atoms with Crippen LogP contribution in [0.3, 0.4) is 0 Å². The molecule has 6 nitrogen and oxygen atoms in total. The summed E-state index contributed by atoms with van der Waals surface area (Å²) in [5, 5.41) is 0. The molecule has 0 atom stereocenters. The molecule has 2 heterocycles. The molecule has 1 aromatic rings. The van der Waals surface area contributed by atoms with Crippen LogP contribution in [0, 0.1) is 0 Å². The lowest BCUT2D eigenvalue weighted by molar-refractivity contribution is -0.136. The second-order valence-corrected chi connectivity index (χ2v) is 9.65. The average Bonchev–Trinajstić information content (AvgIpc) is 3.04. The van der Waals surface area contributed by atoms with Crippen molar-refractivity contribution in [2.24, 2.45) is 5.73 Å². The second-order valence-electron chi connectivity index (χ2n) is 9.65. The summed E-state index contributed by atoms with van der Waals surface area (Å²) in [6.07, 6.45) is 13.7. The number of carbonyl (C=O) groups excluding carboxylic acids is 2. The van der Waals surface area contributed by atoms with E-state index in [0.717, 1.165) is 31.6 Å². The van der Waals surface area contributed by atoms with Crippen molar-refractivity contribution >= 4 is 17.5 Å². The molecule has 1 aliphatic carbocycles. The van der Waals surface area contributed by atoms with Crippen molar-refractivity contribution in [3.8, 4) is 0 Å². The summed E-state index contributed by atoms with van der Waals surface area (Å²) in [5.74, 6) is -0.377. The Balaban J connectivity index is 1.49. The van der Waals surface area contributed by atoms with Gasteiger partial charge in [-0.2, -0.15) is 0 Å². The molecule has 1 aromatic carbocycles. The second kappa shape index (κ2) is 10.0. The fourth-order valence-electron chi connectivity index (χ4n) is 5.92. The first-order chi connectivity index (χ1) is 15.1. The third kappa shape index (κ3) is 4.89. The molecule has 2 N–H and O–H groups in total. The van der Waals surface area contributed by atoms with Crippen LogP contribution in [-0.4, -0.2) is 59.5 Å². The predicted octanol–water partition coefficient (Wildman–Crippen LogP) is 3.51. The van der Waals surface area contributed by atoms with E-state index in [9.17, 15) is 9.59 Å². The Morgan fingerprint density at radius 2 is 1.52 bits per heavy atom. The van der Waals surface area contributed by atoms with Crippen LogP contribution >= 0.6 is 0 Å². The van der Waals surface area contributed by atoms with Crippen LogP contribution in [0.1, 0.15) is 70.6 Å². The van der Waals surface area contributed by atoms with Crippen LogP contribution < -0.4 is 10.6 Å². The van der Waals surface area contributed by atoms with Gasteiger partial charge in [0, 0.05) is 24.8 Å². The van der Waals surface area contributed by atoms with Gasteiger partial charge in [0.2, 0.25) is 11.8 Å². The van der Waals surface area contributed by atoms with Gasteiger partial charge in [0.15, 0.2) is 0 Å². The van der Waals surface area contributed by atoms with Gasteiger partial charge in [0.05, 0.1) is 6.67 Å². The summed E-state index contributed by atoms with van der Waals surface area (Å²) in [7, 11) is 0. The van der Waals surface area contributed by atoms with E-state index in [4.69, 9.17) is 5.73 Å². The number of piperidine rings is 1. The van der Waals surface area contributed by atoms with Crippen LogP contribution in [0.2, 0.25) is 0 Å². The lowest BCUT2D eigenvalue weighted by Crippen LogP contribution is -2.58. The third-order valence-corrected chi connectivity index (χ3v) is 7.64. The molecule has 31 heavy (non-hydrogen) atoms. The summed E-state index contributed by atoms with van der Waals surface area (Å²) in [4.78, 5) is 31.6. The molecule has 3 aliphatic rings. The van der Waals surface area contributed by atoms with Gasteiger partial charge in [0.1, 0.15) is 12.1 Å². The molecular formula is C25H38N4O2. The molecule has 2 saturated heterocycles. The molecule has 0 radical (unpaired) electrons. The van der Waals surface area contributed by atoms with Gasteiger partial charge in [-0.3, -0.25) is 9.59 Å². The number of primary amides is 1. The number of hydrogen-bond acceptors (Lipinski definition) is 4. The molecule has 0 bridgehead atoms. The molecule has 3 fully saturated rings. The van der Waals surface area contributed by atoms with E-state index >= 15 is 0 Å². The third-order valence-electron chi connectivity index (χ3n) is 7.64. The lowest BCUT2D eigenvalue weighted by atomic mass is 9.84. The van der Waals surface area contributed by atoms with Crippen molar-refractivity contribution in [1.82, 2.24) is 9.80 Å². The van der Waals surface area contributed by atoms with E-state index in [0.29, 0.717) is 12.7 Å². The molecule has 2 amide bonds. The van der Waals surface area contributed by atoms with Gasteiger partial charge in [-0.25, -0.2) is 0 Å². The smallest absolute Gasteiger partial charge is 0.250 e. The maximum absolute atomic E-state index is 13.5. The van der Waals surface area contributed by atoms with Crippen molar-refractivity contribution in [1.29, 1.82) is 0 Å². The number of anilines is 1. The number of likely N-dealkylation sites (tertiary alicyclic amines) is 1. The van der Waals surface area contributed by atoms with Gasteiger partial charge < -0.3 is 20.4 Å². The van der Waals surface area contributed by atoms with Gasteiger partial charge in [-0.15, -0.1) is 0 Å². The zero-order valence-corrected chi connectivity index (χ0v) is 18.8. The Kier molecular flexibility index (Phi) is 7.16. The fraction of sp³-hybridized carbons (Fsp3) is 0.680. The summed E-state index contributed by atoms with van der Waals surface area (Å²) < 4.78 is 0. The topological polar surface area (TPSA) is 69.9 Å². The summed E-state index contributed by atoms with van der Waals surface area (Å²) in [6, 6.07) is 10.8. The van der Waals surface area contributed by atoms with Crippen molar-refractivity contribution in [2.75, 3.05) is 31.2 Å². The molecule has 0 aromatic heterocycles. The number of nitrogens with zero attached hydrogens (tertiary/aromatic N) is 3. The monoisotopic (exact) mass is 426 g/mol. The van der Waals surface area contributed by atoms with Crippen LogP contribution in [-0.2, 0) is 9.59 Å². The molecule has 0 unspecified atom stereocenters. The van der Waals surface area contributed by atoms with E-state index in [-0.39, 0.29) is 12.5 Å². The minimum Gasteiger partial charge on any atom is -0.368 e. The van der Waals surface area contributed by atoms with Crippen LogP contribution in [0.25, 0.3) is 0 Å². The number of para-hydroxylation sites is 1. The lowest BCUT2D eigenvalue weighted by Gasteiger charge is -2.45. The van der Waals surface area contributed by atoms with E-state index in [2.05, 4.69) is 21.9 Å². The number of hydrogen-bond donors (Lipinski definition) is 1. The van der Waals surface area contributed by atoms with E-state index in [1.54, 1.807) is 4.90 Å². The van der Waals surface area contributed by atoms with Gasteiger partial charge in [0.25, 0.3) is 0 Å². The highest BCUT2D eigenvalue weighted by atomic mass is 16.2. The number of benzene rings is 1. The molecule has 6 heteroatoms. The number of rotatable bonds is 4. The maximum atomic E-state index is 13.5. The zero-order chi connectivity index (χ0) is 21.7. The molecule has 4 rings (SSSR count). The number of nitrogens with two attached hydrogens (primary N) is 1. The quantitative estimate of drug-likeness (QED) is 0.800. The maximum Gasteiger partial charge on any atom is 0.250 e. The van der Waals surface area contributed by atoms with Crippen molar-refractivity contribution in [3.63, 3.8) is 0 Å². The first-order valence-corrected chi connectivity index (χ1v) is 12.2. The molecular weight excluding hydrogens is 388 g/mol. The summed E-state index contributed by atoms with van der Waals surface area (Å²) in [5.41, 5.74) is 5.95. The Morgan fingerprint density at radius 1 is 0.935 bits per heavy atom. The van der Waals surface area contributed by atoms with Gasteiger partial charge in [-0.1, -0.05) is 63.1 Å². The van der Waals surface area contributed by atoms with E-state index in [1.807, 2.05) is 18.2 Å². The molecule has 1 saturated carbocycles. The normalized spacial score (nSPS) is 23.9. The largest absolute Gasteiger partial charge is 0.368 e. The van der Waals surface area contributed by atoms with Crippen molar-refractivity contribution in [2.45, 2.75) is 82.2 Å². The zero-order valence-electron chi connectivity index (χ0n) is 18.8.